The molecule has 2 aromatic heterocycles. The van der Waals surface area contributed by atoms with Crippen molar-refractivity contribution in [1.82, 2.24) is 19.7 Å². The number of hydrogen-bond donors (Lipinski definition) is 0. The van der Waals surface area contributed by atoms with Gasteiger partial charge in [-0.05, 0) is 38.8 Å². The Morgan fingerprint density at radius 1 is 1.24 bits per heavy atom. The number of aryl methyl sites for hydroxylation is 2. The second kappa shape index (κ2) is 9.27. The summed E-state index contributed by atoms with van der Waals surface area (Å²) in [5.41, 5.74) is 4.65. The highest BCUT2D eigenvalue weighted by Gasteiger charge is 2.29. The van der Waals surface area contributed by atoms with Gasteiger partial charge < -0.3 is 9.74 Å². The van der Waals surface area contributed by atoms with Gasteiger partial charge in [0.1, 0.15) is 12.3 Å². The number of piperidine rings is 1. The predicted octanol–water partition coefficient (Wildman–Crippen LogP) is 4.88. The van der Waals surface area contributed by atoms with Crippen LogP contribution in [-0.4, -0.2) is 44.4 Å². The molecule has 33 heavy (non-hydrogen) atoms. The third-order valence-electron chi connectivity index (χ3n) is 6.32. The molecule has 0 unspecified atom stereocenters. The van der Waals surface area contributed by atoms with Gasteiger partial charge in [0.25, 0.3) is 0 Å². The van der Waals surface area contributed by atoms with Gasteiger partial charge in [0.05, 0.1) is 16.4 Å². The zero-order valence-corrected chi connectivity index (χ0v) is 20.3. The lowest BCUT2D eigenvalue weighted by Gasteiger charge is -2.31. The van der Waals surface area contributed by atoms with E-state index in [2.05, 4.69) is 15.6 Å². The Bertz CT molecular complexity index is 1200. The first-order valence-electron chi connectivity index (χ1n) is 11.2. The van der Waals surface area contributed by atoms with Crippen molar-refractivity contribution < 1.29 is 9.63 Å². The van der Waals surface area contributed by atoms with E-state index >= 15 is 0 Å². The highest BCUT2D eigenvalue weighted by Crippen LogP contribution is 2.35. The van der Waals surface area contributed by atoms with Crippen LogP contribution in [0.1, 0.15) is 58.9 Å². The lowest BCUT2D eigenvalue weighted by Crippen LogP contribution is -2.40. The first kappa shape index (κ1) is 22.1. The normalized spacial score (nSPS) is 18.9. The SMILES string of the molecule is Cc1cc(C)n(CC(=O)N2CCC(c3nc(C4=NO[C@@H](c5ccccc5Cl)C4)cs3)CC2)n1. The number of oxime groups is 1. The third-order valence-corrected chi connectivity index (χ3v) is 7.68. The Morgan fingerprint density at radius 2 is 2.03 bits per heavy atom. The van der Waals surface area contributed by atoms with E-state index in [0.717, 1.165) is 59.3 Å². The fraction of sp³-hybridized carbons (Fsp3) is 0.417. The summed E-state index contributed by atoms with van der Waals surface area (Å²) in [6.07, 6.45) is 2.32. The van der Waals surface area contributed by atoms with Crippen molar-refractivity contribution in [2.24, 2.45) is 5.16 Å². The third kappa shape index (κ3) is 4.68. The Hall–Kier alpha value is -2.71. The molecule has 1 aromatic carbocycles. The predicted molar refractivity (Wildman–Crippen MR) is 129 cm³/mol. The van der Waals surface area contributed by atoms with Crippen LogP contribution in [0.4, 0.5) is 0 Å². The largest absolute Gasteiger partial charge is 0.387 e. The van der Waals surface area contributed by atoms with E-state index in [1.54, 1.807) is 16.0 Å². The average molecular weight is 484 g/mol. The molecule has 0 radical (unpaired) electrons. The maximum atomic E-state index is 12.7. The maximum Gasteiger partial charge on any atom is 0.244 e. The number of carbonyl (C=O) groups excluding carboxylic acids is 1. The molecule has 5 rings (SSSR count). The number of likely N-dealkylation sites (tertiary alicyclic amines) is 1. The monoisotopic (exact) mass is 483 g/mol. The minimum absolute atomic E-state index is 0.127. The van der Waals surface area contributed by atoms with Gasteiger partial charge in [0.15, 0.2) is 6.10 Å². The van der Waals surface area contributed by atoms with Crippen molar-refractivity contribution in [1.29, 1.82) is 0 Å². The summed E-state index contributed by atoms with van der Waals surface area (Å²) >= 11 is 7.98. The Labute approximate surface area is 202 Å². The van der Waals surface area contributed by atoms with E-state index in [9.17, 15) is 4.79 Å². The zero-order chi connectivity index (χ0) is 22.9. The van der Waals surface area contributed by atoms with E-state index in [-0.39, 0.29) is 12.0 Å². The molecule has 2 aliphatic rings. The number of aromatic nitrogens is 3. The molecule has 0 saturated carbocycles. The standard InChI is InChI=1S/C24H26ClN5O2S/c1-15-11-16(2)30(27-15)13-23(31)29-9-7-17(8-10-29)24-26-21(14-33-24)20-12-22(32-28-20)18-5-3-4-6-19(18)25/h3-6,11,14,17,22H,7-10,12-13H2,1-2H3/t22-/m1/s1. The van der Waals surface area contributed by atoms with Crippen LogP contribution in [0.25, 0.3) is 0 Å². The van der Waals surface area contributed by atoms with Crippen molar-refractivity contribution >= 4 is 34.6 Å². The number of amides is 1. The topological polar surface area (TPSA) is 72.6 Å². The number of nitrogens with zero attached hydrogens (tertiary/aromatic N) is 5. The molecule has 1 amide bonds. The smallest absolute Gasteiger partial charge is 0.244 e. The van der Waals surface area contributed by atoms with E-state index in [1.165, 1.54) is 0 Å². The molecule has 1 fully saturated rings. The Balaban J connectivity index is 1.17. The fourth-order valence-corrected chi connectivity index (χ4v) is 5.74. The molecule has 0 aliphatic carbocycles. The van der Waals surface area contributed by atoms with Crippen molar-refractivity contribution in [2.75, 3.05) is 13.1 Å². The van der Waals surface area contributed by atoms with E-state index in [0.29, 0.717) is 23.9 Å². The number of benzene rings is 1. The van der Waals surface area contributed by atoms with Crippen LogP contribution in [0.2, 0.25) is 5.02 Å². The number of halogens is 1. The summed E-state index contributed by atoms with van der Waals surface area (Å²) in [4.78, 5) is 25.2. The van der Waals surface area contributed by atoms with Crippen molar-refractivity contribution in [3.63, 3.8) is 0 Å². The van der Waals surface area contributed by atoms with Crippen molar-refractivity contribution in [2.45, 2.75) is 51.7 Å². The van der Waals surface area contributed by atoms with Gasteiger partial charge in [-0.15, -0.1) is 11.3 Å². The Kier molecular flexibility index (Phi) is 6.21. The lowest BCUT2D eigenvalue weighted by atomic mass is 9.97. The average Bonchev–Trinajstić information content (AvgIpc) is 3.54. The fourth-order valence-electron chi connectivity index (χ4n) is 4.48. The van der Waals surface area contributed by atoms with Crippen LogP contribution in [0.15, 0.2) is 40.9 Å². The molecule has 0 bridgehead atoms. The van der Waals surface area contributed by atoms with Gasteiger partial charge in [-0.1, -0.05) is 35.0 Å². The molecular weight excluding hydrogens is 458 g/mol. The van der Waals surface area contributed by atoms with Crippen LogP contribution in [-0.2, 0) is 16.2 Å². The first-order chi connectivity index (χ1) is 16.0. The Morgan fingerprint density at radius 3 is 2.76 bits per heavy atom. The minimum Gasteiger partial charge on any atom is -0.387 e. The van der Waals surface area contributed by atoms with E-state index in [4.69, 9.17) is 21.4 Å². The molecule has 172 valence electrons. The van der Waals surface area contributed by atoms with Crippen LogP contribution >= 0.6 is 22.9 Å². The molecule has 4 heterocycles. The lowest BCUT2D eigenvalue weighted by molar-refractivity contribution is -0.133. The molecule has 3 aromatic rings. The van der Waals surface area contributed by atoms with Crippen LogP contribution in [0.3, 0.4) is 0 Å². The summed E-state index contributed by atoms with van der Waals surface area (Å²) in [6.45, 7) is 5.72. The van der Waals surface area contributed by atoms with Crippen LogP contribution in [0.5, 0.6) is 0 Å². The van der Waals surface area contributed by atoms with Crippen LogP contribution < -0.4 is 0 Å². The molecule has 1 saturated heterocycles. The highest BCUT2D eigenvalue weighted by atomic mass is 35.5. The summed E-state index contributed by atoms with van der Waals surface area (Å²) in [7, 11) is 0. The van der Waals surface area contributed by atoms with E-state index < -0.39 is 0 Å². The molecular formula is C24H26ClN5O2S. The first-order valence-corrected chi connectivity index (χ1v) is 12.5. The summed E-state index contributed by atoms with van der Waals surface area (Å²) in [5, 5.41) is 12.6. The van der Waals surface area contributed by atoms with Gasteiger partial charge in [-0.2, -0.15) is 5.10 Å². The zero-order valence-electron chi connectivity index (χ0n) is 18.7. The molecule has 7 nitrogen and oxygen atoms in total. The summed E-state index contributed by atoms with van der Waals surface area (Å²) in [5.74, 6) is 0.492. The summed E-state index contributed by atoms with van der Waals surface area (Å²) < 4.78 is 1.79. The van der Waals surface area contributed by atoms with Gasteiger partial charge in [-0.3, -0.25) is 9.48 Å². The number of rotatable bonds is 5. The van der Waals surface area contributed by atoms with Gasteiger partial charge >= 0.3 is 0 Å². The number of thiazole rings is 1. The van der Waals surface area contributed by atoms with E-state index in [1.807, 2.05) is 49.1 Å². The van der Waals surface area contributed by atoms with Crippen molar-refractivity contribution in [3.05, 3.63) is 68.4 Å². The minimum atomic E-state index is -0.171. The molecule has 9 heteroatoms. The summed E-state index contributed by atoms with van der Waals surface area (Å²) in [6, 6.07) is 9.71. The quantitative estimate of drug-likeness (QED) is 0.518. The van der Waals surface area contributed by atoms with Crippen molar-refractivity contribution in [3.8, 4) is 0 Å². The highest BCUT2D eigenvalue weighted by molar-refractivity contribution is 7.10. The second-order valence-electron chi connectivity index (χ2n) is 8.67. The molecule has 2 aliphatic heterocycles. The van der Waals surface area contributed by atoms with Crippen LogP contribution in [0, 0.1) is 13.8 Å². The molecule has 0 spiro atoms. The van der Waals surface area contributed by atoms with Gasteiger partial charge in [0, 0.05) is 47.1 Å². The van der Waals surface area contributed by atoms with Gasteiger partial charge in [0.2, 0.25) is 5.91 Å². The number of carbonyl (C=O) groups is 1. The molecule has 1 atom stereocenters. The van der Waals surface area contributed by atoms with Gasteiger partial charge in [-0.25, -0.2) is 4.98 Å². The number of hydrogen-bond acceptors (Lipinski definition) is 6. The molecule has 0 N–H and O–H groups in total. The second-order valence-corrected chi connectivity index (χ2v) is 9.97. The maximum absolute atomic E-state index is 12.7.